The number of nitrogens with one attached hydrogen (secondary N) is 1. The van der Waals surface area contributed by atoms with Gasteiger partial charge in [0.15, 0.2) is 0 Å². The van der Waals surface area contributed by atoms with E-state index in [0.29, 0.717) is 12.1 Å². The summed E-state index contributed by atoms with van der Waals surface area (Å²) in [7, 11) is 1.35. The van der Waals surface area contributed by atoms with Crippen LogP contribution < -0.4 is 5.32 Å². The van der Waals surface area contributed by atoms with E-state index in [1.807, 2.05) is 18.4 Å². The molecule has 2 aromatic rings. The Hall–Kier alpha value is -2.14. The molecule has 5 heteroatoms. The molecule has 0 saturated carbocycles. The third-order valence-electron chi connectivity index (χ3n) is 2.90. The zero-order valence-electron chi connectivity index (χ0n) is 11.3. The van der Waals surface area contributed by atoms with E-state index in [9.17, 15) is 9.59 Å². The maximum absolute atomic E-state index is 11.9. The molecule has 0 radical (unpaired) electrons. The maximum Gasteiger partial charge on any atom is 0.337 e. The molecule has 20 heavy (non-hydrogen) atoms. The normalized spacial score (nSPS) is 10.1. The Bertz CT molecular complexity index is 616. The van der Waals surface area contributed by atoms with Crippen molar-refractivity contribution < 1.29 is 14.3 Å². The lowest BCUT2D eigenvalue weighted by Gasteiger charge is -2.05. The molecular formula is C15H15NO3S. The van der Waals surface area contributed by atoms with Gasteiger partial charge in [0.05, 0.1) is 17.6 Å². The molecule has 1 aromatic heterocycles. The number of hydrogen-bond acceptors (Lipinski definition) is 4. The number of carbonyl (C=O) groups is 2. The van der Waals surface area contributed by atoms with Crippen molar-refractivity contribution in [1.29, 1.82) is 0 Å². The molecule has 0 aliphatic rings. The molecule has 0 bridgehead atoms. The van der Waals surface area contributed by atoms with Crippen LogP contribution in [0.2, 0.25) is 0 Å². The van der Waals surface area contributed by atoms with Crippen LogP contribution in [0.4, 0.5) is 0 Å². The lowest BCUT2D eigenvalue weighted by Crippen LogP contribution is -2.22. The van der Waals surface area contributed by atoms with Crippen molar-refractivity contribution in [3.8, 4) is 0 Å². The molecule has 0 atom stereocenters. The molecular weight excluding hydrogens is 274 g/mol. The topological polar surface area (TPSA) is 55.4 Å². The quantitative estimate of drug-likeness (QED) is 0.881. The Kier molecular flexibility index (Phi) is 4.53. The Morgan fingerprint density at radius 3 is 2.45 bits per heavy atom. The van der Waals surface area contributed by atoms with E-state index in [1.54, 1.807) is 24.3 Å². The van der Waals surface area contributed by atoms with Gasteiger partial charge in [0.2, 0.25) is 0 Å². The number of amides is 1. The fourth-order valence-electron chi connectivity index (χ4n) is 1.74. The van der Waals surface area contributed by atoms with E-state index >= 15 is 0 Å². The van der Waals surface area contributed by atoms with Gasteiger partial charge in [0.1, 0.15) is 0 Å². The monoisotopic (exact) mass is 289 g/mol. The average molecular weight is 289 g/mol. The molecule has 0 spiro atoms. The van der Waals surface area contributed by atoms with Crippen molar-refractivity contribution in [2.45, 2.75) is 13.5 Å². The van der Waals surface area contributed by atoms with Gasteiger partial charge in [0, 0.05) is 6.54 Å². The molecule has 1 aromatic carbocycles. The highest BCUT2D eigenvalue weighted by Crippen LogP contribution is 2.15. The van der Waals surface area contributed by atoms with E-state index in [4.69, 9.17) is 0 Å². The fourth-order valence-corrected chi connectivity index (χ4v) is 2.59. The molecule has 2 rings (SSSR count). The van der Waals surface area contributed by atoms with Gasteiger partial charge in [-0.25, -0.2) is 4.79 Å². The number of carbonyl (C=O) groups excluding carboxylic acids is 2. The van der Waals surface area contributed by atoms with E-state index in [1.165, 1.54) is 18.4 Å². The van der Waals surface area contributed by atoms with E-state index in [0.717, 1.165) is 16.0 Å². The van der Waals surface area contributed by atoms with Crippen LogP contribution in [0.3, 0.4) is 0 Å². The first-order valence-electron chi connectivity index (χ1n) is 6.11. The number of esters is 1. The molecule has 0 saturated heterocycles. The number of benzene rings is 1. The summed E-state index contributed by atoms with van der Waals surface area (Å²) in [6.07, 6.45) is 0. The predicted molar refractivity (Wildman–Crippen MR) is 78.0 cm³/mol. The molecule has 0 aliphatic heterocycles. The largest absolute Gasteiger partial charge is 0.465 e. The Morgan fingerprint density at radius 2 is 1.90 bits per heavy atom. The van der Waals surface area contributed by atoms with Gasteiger partial charge < -0.3 is 10.1 Å². The minimum absolute atomic E-state index is 0.0745. The van der Waals surface area contributed by atoms with Gasteiger partial charge in [0.25, 0.3) is 5.91 Å². The van der Waals surface area contributed by atoms with Crippen LogP contribution in [-0.2, 0) is 11.3 Å². The summed E-state index contributed by atoms with van der Waals surface area (Å²) in [4.78, 5) is 24.0. The van der Waals surface area contributed by atoms with Crippen molar-refractivity contribution in [3.05, 3.63) is 57.3 Å². The van der Waals surface area contributed by atoms with Crippen LogP contribution in [0.25, 0.3) is 0 Å². The number of ether oxygens (including phenoxy) is 1. The van der Waals surface area contributed by atoms with Gasteiger partial charge >= 0.3 is 5.97 Å². The van der Waals surface area contributed by atoms with E-state index < -0.39 is 0 Å². The molecule has 1 N–H and O–H groups in total. The van der Waals surface area contributed by atoms with Gasteiger partial charge in [-0.15, -0.1) is 11.3 Å². The average Bonchev–Trinajstić information content (AvgIpc) is 2.90. The zero-order chi connectivity index (χ0) is 14.5. The standard InChI is InChI=1S/C15H15NO3S/c1-10-7-8-20-13(10)14(17)16-9-11-3-5-12(6-4-11)15(18)19-2/h3-8H,9H2,1-2H3,(H,16,17). The number of methoxy groups -OCH3 is 1. The molecule has 0 fully saturated rings. The highest BCUT2D eigenvalue weighted by Gasteiger charge is 2.10. The first-order chi connectivity index (χ1) is 9.61. The smallest absolute Gasteiger partial charge is 0.337 e. The molecule has 104 valence electrons. The maximum atomic E-state index is 11.9. The molecule has 1 amide bonds. The van der Waals surface area contributed by atoms with E-state index in [2.05, 4.69) is 10.1 Å². The molecule has 0 unspecified atom stereocenters. The third kappa shape index (κ3) is 3.24. The van der Waals surface area contributed by atoms with Gasteiger partial charge in [-0.05, 0) is 41.6 Å². The molecule has 4 nitrogen and oxygen atoms in total. The van der Waals surface area contributed by atoms with Crippen molar-refractivity contribution in [3.63, 3.8) is 0 Å². The predicted octanol–water partition coefficient (Wildman–Crippen LogP) is 2.77. The van der Waals surface area contributed by atoms with Crippen molar-refractivity contribution in [2.24, 2.45) is 0 Å². The number of aryl methyl sites for hydroxylation is 1. The SMILES string of the molecule is COC(=O)c1ccc(CNC(=O)c2sccc2C)cc1. The zero-order valence-corrected chi connectivity index (χ0v) is 12.1. The Morgan fingerprint density at radius 1 is 1.20 bits per heavy atom. The molecule has 1 heterocycles. The van der Waals surface area contributed by atoms with Crippen LogP contribution in [0.1, 0.15) is 31.2 Å². The van der Waals surface area contributed by atoms with Crippen molar-refractivity contribution in [2.75, 3.05) is 7.11 Å². The summed E-state index contributed by atoms with van der Waals surface area (Å²) in [5, 5.41) is 4.76. The number of hydrogen-bond donors (Lipinski definition) is 1. The summed E-state index contributed by atoms with van der Waals surface area (Å²) in [6.45, 7) is 2.34. The van der Waals surface area contributed by atoms with Crippen molar-refractivity contribution in [1.82, 2.24) is 5.32 Å². The first-order valence-corrected chi connectivity index (χ1v) is 6.99. The van der Waals surface area contributed by atoms with Crippen LogP contribution in [0.5, 0.6) is 0 Å². The second-order valence-corrected chi connectivity index (χ2v) is 5.22. The van der Waals surface area contributed by atoms with E-state index in [-0.39, 0.29) is 11.9 Å². The van der Waals surface area contributed by atoms with Gasteiger partial charge in [-0.2, -0.15) is 0 Å². The number of thiophene rings is 1. The van der Waals surface area contributed by atoms with Crippen LogP contribution in [-0.4, -0.2) is 19.0 Å². The summed E-state index contributed by atoms with van der Waals surface area (Å²) in [5.41, 5.74) is 2.41. The molecule has 0 aliphatic carbocycles. The van der Waals surface area contributed by atoms with Crippen LogP contribution in [0, 0.1) is 6.92 Å². The Labute approximate surface area is 121 Å². The summed E-state index contributed by atoms with van der Waals surface area (Å²) in [5.74, 6) is -0.440. The second kappa shape index (κ2) is 6.34. The van der Waals surface area contributed by atoms with Crippen LogP contribution in [0.15, 0.2) is 35.7 Å². The lowest BCUT2D eigenvalue weighted by molar-refractivity contribution is 0.0600. The Balaban J connectivity index is 1.96. The highest BCUT2D eigenvalue weighted by molar-refractivity contribution is 7.12. The summed E-state index contributed by atoms with van der Waals surface area (Å²) < 4.78 is 4.63. The minimum Gasteiger partial charge on any atom is -0.465 e. The number of rotatable bonds is 4. The second-order valence-electron chi connectivity index (χ2n) is 4.30. The highest BCUT2D eigenvalue weighted by atomic mass is 32.1. The van der Waals surface area contributed by atoms with Gasteiger partial charge in [-0.1, -0.05) is 12.1 Å². The third-order valence-corrected chi connectivity index (χ3v) is 3.91. The lowest BCUT2D eigenvalue weighted by atomic mass is 10.1. The summed E-state index contributed by atoms with van der Waals surface area (Å²) >= 11 is 1.43. The van der Waals surface area contributed by atoms with Gasteiger partial charge in [-0.3, -0.25) is 4.79 Å². The fraction of sp³-hybridized carbons (Fsp3) is 0.200. The minimum atomic E-state index is -0.366. The van der Waals surface area contributed by atoms with Crippen LogP contribution >= 0.6 is 11.3 Å². The van der Waals surface area contributed by atoms with Crippen molar-refractivity contribution >= 4 is 23.2 Å². The first kappa shape index (κ1) is 14.3. The summed E-state index contributed by atoms with van der Waals surface area (Å²) in [6, 6.07) is 8.89.